The first-order valence-corrected chi connectivity index (χ1v) is 9.84. The molecule has 0 fully saturated rings. The maximum absolute atomic E-state index is 12.5. The normalized spacial score (nSPS) is 11.4. The predicted molar refractivity (Wildman–Crippen MR) is 94.7 cm³/mol. The smallest absolute Gasteiger partial charge is 0.338 e. The van der Waals surface area contributed by atoms with Crippen LogP contribution in [0.5, 0.6) is 0 Å². The molecule has 0 bridgehead atoms. The first-order valence-electron chi connectivity index (χ1n) is 8.40. The molecular weight excluding hydrogens is 344 g/mol. The SMILES string of the molecule is CCCCNC(=O)COC(=O)c1cccc(S(=O)(=O)N(CC)CC)c1. The first-order chi connectivity index (χ1) is 11.9. The highest BCUT2D eigenvalue weighted by Crippen LogP contribution is 2.17. The zero-order chi connectivity index (χ0) is 18.9. The van der Waals surface area contributed by atoms with E-state index in [4.69, 9.17) is 4.74 Å². The third-order valence-electron chi connectivity index (χ3n) is 3.60. The Hall–Kier alpha value is -1.93. The van der Waals surface area contributed by atoms with Crippen molar-refractivity contribution in [2.45, 2.75) is 38.5 Å². The molecular formula is C17H26N2O5S. The number of amides is 1. The molecule has 0 aliphatic heterocycles. The molecule has 1 aromatic carbocycles. The van der Waals surface area contributed by atoms with Crippen molar-refractivity contribution in [3.8, 4) is 0 Å². The number of hydrogen-bond acceptors (Lipinski definition) is 5. The summed E-state index contributed by atoms with van der Waals surface area (Å²) in [4.78, 5) is 23.6. The van der Waals surface area contributed by atoms with Crippen LogP contribution < -0.4 is 5.32 Å². The minimum absolute atomic E-state index is 0.0260. The zero-order valence-electron chi connectivity index (χ0n) is 14.9. The highest BCUT2D eigenvalue weighted by Gasteiger charge is 2.22. The van der Waals surface area contributed by atoms with Crippen LogP contribution in [0.3, 0.4) is 0 Å². The van der Waals surface area contributed by atoms with Gasteiger partial charge in [-0.3, -0.25) is 4.79 Å². The molecule has 25 heavy (non-hydrogen) atoms. The number of carbonyl (C=O) groups excluding carboxylic acids is 2. The molecule has 0 aromatic heterocycles. The van der Waals surface area contributed by atoms with E-state index in [2.05, 4.69) is 5.32 Å². The lowest BCUT2D eigenvalue weighted by molar-refractivity contribution is -0.124. The van der Waals surface area contributed by atoms with Crippen molar-refractivity contribution >= 4 is 21.9 Å². The van der Waals surface area contributed by atoms with Gasteiger partial charge in [-0.2, -0.15) is 4.31 Å². The van der Waals surface area contributed by atoms with Gasteiger partial charge in [-0.15, -0.1) is 0 Å². The van der Waals surface area contributed by atoms with Crippen molar-refractivity contribution in [2.75, 3.05) is 26.2 Å². The van der Waals surface area contributed by atoms with Gasteiger partial charge in [-0.25, -0.2) is 13.2 Å². The topological polar surface area (TPSA) is 92.8 Å². The van der Waals surface area contributed by atoms with Gasteiger partial charge in [0, 0.05) is 19.6 Å². The van der Waals surface area contributed by atoms with Gasteiger partial charge >= 0.3 is 5.97 Å². The molecule has 1 N–H and O–H groups in total. The zero-order valence-corrected chi connectivity index (χ0v) is 15.8. The molecule has 0 aliphatic carbocycles. The molecule has 0 heterocycles. The van der Waals surface area contributed by atoms with Crippen LogP contribution in [0.25, 0.3) is 0 Å². The average Bonchev–Trinajstić information content (AvgIpc) is 2.60. The van der Waals surface area contributed by atoms with E-state index >= 15 is 0 Å². The Kier molecular flexibility index (Phi) is 8.57. The summed E-state index contributed by atoms with van der Waals surface area (Å²) in [6.07, 6.45) is 1.80. The fourth-order valence-corrected chi connectivity index (χ4v) is 3.67. The Balaban J connectivity index is 2.77. The summed E-state index contributed by atoms with van der Waals surface area (Å²) in [6.45, 7) is 6.31. The molecule has 0 aliphatic rings. The van der Waals surface area contributed by atoms with Crippen LogP contribution in [0.4, 0.5) is 0 Å². The van der Waals surface area contributed by atoms with Gasteiger partial charge in [0.25, 0.3) is 5.91 Å². The van der Waals surface area contributed by atoms with E-state index in [1.807, 2.05) is 6.92 Å². The monoisotopic (exact) mass is 370 g/mol. The second kappa shape index (κ2) is 10.1. The van der Waals surface area contributed by atoms with Crippen molar-refractivity contribution < 1.29 is 22.7 Å². The van der Waals surface area contributed by atoms with Crippen LogP contribution in [0, 0.1) is 0 Å². The predicted octanol–water partition coefficient (Wildman–Crippen LogP) is 1.79. The Labute approximate surface area is 149 Å². The lowest BCUT2D eigenvalue weighted by Crippen LogP contribution is -2.31. The molecule has 0 spiro atoms. The molecule has 0 atom stereocenters. The number of carbonyl (C=O) groups is 2. The molecule has 1 amide bonds. The number of esters is 1. The van der Waals surface area contributed by atoms with Crippen molar-refractivity contribution in [2.24, 2.45) is 0 Å². The third kappa shape index (κ3) is 6.13. The fraction of sp³-hybridized carbons (Fsp3) is 0.529. The van der Waals surface area contributed by atoms with E-state index in [1.165, 1.54) is 28.6 Å². The molecule has 0 saturated carbocycles. The number of hydrogen-bond donors (Lipinski definition) is 1. The van der Waals surface area contributed by atoms with Gasteiger partial charge in [-0.05, 0) is 24.6 Å². The second-order valence-electron chi connectivity index (χ2n) is 5.40. The molecule has 0 unspecified atom stereocenters. The van der Waals surface area contributed by atoms with E-state index in [1.54, 1.807) is 13.8 Å². The van der Waals surface area contributed by atoms with Crippen molar-refractivity contribution in [1.82, 2.24) is 9.62 Å². The number of ether oxygens (including phenoxy) is 1. The highest BCUT2D eigenvalue weighted by atomic mass is 32.2. The lowest BCUT2D eigenvalue weighted by Gasteiger charge is -2.18. The Morgan fingerprint density at radius 2 is 1.84 bits per heavy atom. The van der Waals surface area contributed by atoms with Crippen LogP contribution in [0.15, 0.2) is 29.2 Å². The number of rotatable bonds is 10. The summed E-state index contributed by atoms with van der Waals surface area (Å²) in [5.74, 6) is -1.11. The Bertz CT molecular complexity index is 684. The Morgan fingerprint density at radius 1 is 1.16 bits per heavy atom. The molecule has 140 valence electrons. The molecule has 1 aromatic rings. The summed E-state index contributed by atoms with van der Waals surface area (Å²) in [7, 11) is -3.66. The second-order valence-corrected chi connectivity index (χ2v) is 7.33. The van der Waals surface area contributed by atoms with E-state index < -0.39 is 22.6 Å². The summed E-state index contributed by atoms with van der Waals surface area (Å²) in [6, 6.07) is 5.64. The number of benzene rings is 1. The number of unbranched alkanes of at least 4 members (excludes halogenated alkanes) is 1. The maximum atomic E-state index is 12.5. The van der Waals surface area contributed by atoms with Gasteiger partial charge in [0.05, 0.1) is 10.5 Å². The van der Waals surface area contributed by atoms with Gasteiger partial charge in [0.1, 0.15) is 0 Å². The van der Waals surface area contributed by atoms with E-state index in [9.17, 15) is 18.0 Å². The molecule has 0 radical (unpaired) electrons. The van der Waals surface area contributed by atoms with Gasteiger partial charge < -0.3 is 10.1 Å². The van der Waals surface area contributed by atoms with Crippen LogP contribution in [-0.2, 0) is 19.6 Å². The molecule has 0 saturated heterocycles. The van der Waals surface area contributed by atoms with Crippen molar-refractivity contribution in [3.63, 3.8) is 0 Å². The standard InChI is InChI=1S/C17H26N2O5S/c1-4-7-11-18-16(20)13-24-17(21)14-9-8-10-15(12-14)25(22,23)19(5-2)6-3/h8-10,12H,4-7,11,13H2,1-3H3,(H,18,20). The van der Waals surface area contributed by atoms with E-state index in [0.29, 0.717) is 19.6 Å². The third-order valence-corrected chi connectivity index (χ3v) is 5.65. The van der Waals surface area contributed by atoms with Crippen LogP contribution >= 0.6 is 0 Å². The fourth-order valence-electron chi connectivity index (χ4n) is 2.17. The lowest BCUT2D eigenvalue weighted by atomic mass is 10.2. The molecule has 7 nitrogen and oxygen atoms in total. The maximum Gasteiger partial charge on any atom is 0.338 e. The first kappa shape index (κ1) is 21.1. The van der Waals surface area contributed by atoms with Crippen molar-refractivity contribution in [3.05, 3.63) is 29.8 Å². The Morgan fingerprint density at radius 3 is 2.44 bits per heavy atom. The van der Waals surface area contributed by atoms with E-state index in [0.717, 1.165) is 12.8 Å². The van der Waals surface area contributed by atoms with Crippen LogP contribution in [0.1, 0.15) is 44.0 Å². The quantitative estimate of drug-likeness (QED) is 0.501. The summed E-state index contributed by atoms with van der Waals surface area (Å²) in [5.41, 5.74) is 0.0922. The van der Waals surface area contributed by atoms with Gasteiger partial charge in [-0.1, -0.05) is 33.3 Å². The largest absolute Gasteiger partial charge is 0.452 e. The molecule has 8 heteroatoms. The minimum Gasteiger partial charge on any atom is -0.452 e. The summed E-state index contributed by atoms with van der Waals surface area (Å²) in [5, 5.41) is 2.64. The molecule has 1 rings (SSSR count). The highest BCUT2D eigenvalue weighted by molar-refractivity contribution is 7.89. The number of nitrogens with one attached hydrogen (secondary N) is 1. The summed E-state index contributed by atoms with van der Waals surface area (Å²) >= 11 is 0. The minimum atomic E-state index is -3.66. The van der Waals surface area contributed by atoms with E-state index in [-0.39, 0.29) is 16.4 Å². The number of sulfonamides is 1. The average molecular weight is 370 g/mol. The van der Waals surface area contributed by atoms with Crippen LogP contribution in [0.2, 0.25) is 0 Å². The number of nitrogens with zero attached hydrogens (tertiary/aromatic N) is 1. The van der Waals surface area contributed by atoms with Crippen molar-refractivity contribution in [1.29, 1.82) is 0 Å². The van der Waals surface area contributed by atoms with Gasteiger partial charge in [0.15, 0.2) is 6.61 Å². The van der Waals surface area contributed by atoms with Crippen LogP contribution in [-0.4, -0.2) is 50.8 Å². The van der Waals surface area contributed by atoms with Gasteiger partial charge in [0.2, 0.25) is 10.0 Å². The summed E-state index contributed by atoms with van der Waals surface area (Å²) < 4.78 is 31.2.